The van der Waals surface area contributed by atoms with Crippen molar-refractivity contribution in [1.82, 2.24) is 14.9 Å². The van der Waals surface area contributed by atoms with Gasteiger partial charge in [0.15, 0.2) is 5.16 Å². The van der Waals surface area contributed by atoms with E-state index in [9.17, 15) is 14.4 Å². The molecule has 0 aliphatic heterocycles. The third-order valence-electron chi connectivity index (χ3n) is 4.20. The molecule has 2 aromatic carbocycles. The van der Waals surface area contributed by atoms with Crippen LogP contribution in [0.2, 0.25) is 0 Å². The molecule has 0 saturated carbocycles. The molecule has 7 nitrogen and oxygen atoms in total. The molecule has 150 valence electrons. The zero-order chi connectivity index (χ0) is 21.0. The normalized spacial score (nSPS) is 10.7. The van der Waals surface area contributed by atoms with Gasteiger partial charge < -0.3 is 10.1 Å². The highest BCUT2D eigenvalue weighted by Gasteiger charge is 2.15. The van der Waals surface area contributed by atoms with Gasteiger partial charge in [0, 0.05) is 0 Å². The fraction of sp³-hybridized carbons (Fsp3) is 0.238. The van der Waals surface area contributed by atoms with Crippen molar-refractivity contribution in [1.29, 1.82) is 0 Å². The van der Waals surface area contributed by atoms with Crippen LogP contribution in [0, 0.1) is 13.8 Å². The minimum absolute atomic E-state index is 0.00652. The van der Waals surface area contributed by atoms with Gasteiger partial charge >= 0.3 is 5.97 Å². The Bertz CT molecular complexity index is 1120. The first-order valence-corrected chi connectivity index (χ1v) is 9.94. The van der Waals surface area contributed by atoms with E-state index in [1.54, 1.807) is 18.2 Å². The summed E-state index contributed by atoms with van der Waals surface area (Å²) in [6, 6.07) is 13.0. The van der Waals surface area contributed by atoms with Crippen molar-refractivity contribution in [3.63, 3.8) is 0 Å². The van der Waals surface area contributed by atoms with Crippen LogP contribution in [0.15, 0.2) is 52.4 Å². The molecule has 0 aliphatic rings. The number of rotatable bonds is 6. The molecule has 1 N–H and O–H groups in total. The second-order valence-corrected chi connectivity index (χ2v) is 7.48. The number of aryl methyl sites for hydroxylation is 2. The Balaban J connectivity index is 2.00. The Morgan fingerprint density at radius 1 is 1.14 bits per heavy atom. The van der Waals surface area contributed by atoms with Crippen LogP contribution in [0.4, 0.5) is 0 Å². The fourth-order valence-electron chi connectivity index (χ4n) is 2.94. The first-order valence-electron chi connectivity index (χ1n) is 8.96. The number of thioether (sulfide) groups is 1. The van der Waals surface area contributed by atoms with Gasteiger partial charge in [0.1, 0.15) is 6.54 Å². The molecule has 0 spiro atoms. The summed E-state index contributed by atoms with van der Waals surface area (Å²) in [4.78, 5) is 41.1. The molecule has 0 aliphatic carbocycles. The second kappa shape index (κ2) is 8.91. The lowest BCUT2D eigenvalue weighted by atomic mass is 10.1. The van der Waals surface area contributed by atoms with Gasteiger partial charge in [-0.2, -0.15) is 0 Å². The molecule has 8 heteroatoms. The number of carbonyl (C=O) groups is 2. The van der Waals surface area contributed by atoms with Gasteiger partial charge in [0.25, 0.3) is 5.56 Å². The van der Waals surface area contributed by atoms with Crippen LogP contribution in [0.25, 0.3) is 16.6 Å². The number of aromatic nitrogens is 2. The molecule has 0 saturated heterocycles. The van der Waals surface area contributed by atoms with Crippen LogP contribution in [-0.2, 0) is 14.3 Å². The van der Waals surface area contributed by atoms with Crippen molar-refractivity contribution >= 4 is 34.5 Å². The summed E-state index contributed by atoms with van der Waals surface area (Å²) < 4.78 is 6.04. The Kier molecular flexibility index (Phi) is 6.33. The third-order valence-corrected chi connectivity index (χ3v) is 5.14. The standard InChI is InChI=1S/C21H21N3O4S/c1-13-8-14(2)10-15(9-13)24-20(27)16-6-4-5-7-17(16)23-21(24)29-12-18(25)22-11-19(26)28-3/h4-10H,11-12H2,1-3H3,(H,22,25). The number of fused-ring (bicyclic) bond motifs is 1. The van der Waals surface area contributed by atoms with Crippen molar-refractivity contribution in [2.75, 3.05) is 19.4 Å². The van der Waals surface area contributed by atoms with E-state index in [1.165, 1.54) is 11.7 Å². The lowest BCUT2D eigenvalue weighted by molar-refractivity contribution is -0.140. The summed E-state index contributed by atoms with van der Waals surface area (Å²) in [5, 5.41) is 3.40. The molecule has 1 amide bonds. The number of esters is 1. The van der Waals surface area contributed by atoms with Crippen LogP contribution in [0.1, 0.15) is 11.1 Å². The lowest BCUT2D eigenvalue weighted by Crippen LogP contribution is -2.31. The van der Waals surface area contributed by atoms with Crippen LogP contribution in [0.3, 0.4) is 0 Å². The molecule has 0 fully saturated rings. The van der Waals surface area contributed by atoms with Crippen LogP contribution < -0.4 is 10.9 Å². The third kappa shape index (κ3) is 4.83. The molecule has 0 bridgehead atoms. The van der Waals surface area contributed by atoms with Gasteiger partial charge in [0.05, 0.1) is 29.5 Å². The van der Waals surface area contributed by atoms with E-state index in [0.717, 1.165) is 22.9 Å². The first kappa shape index (κ1) is 20.6. The predicted molar refractivity (Wildman–Crippen MR) is 113 cm³/mol. The molecule has 0 atom stereocenters. The number of nitrogens with zero attached hydrogens (tertiary/aromatic N) is 2. The number of benzene rings is 2. The van der Waals surface area contributed by atoms with Gasteiger partial charge in [-0.1, -0.05) is 30.0 Å². The van der Waals surface area contributed by atoms with Crippen molar-refractivity contribution < 1.29 is 14.3 Å². The highest BCUT2D eigenvalue weighted by molar-refractivity contribution is 7.99. The van der Waals surface area contributed by atoms with E-state index < -0.39 is 5.97 Å². The Labute approximate surface area is 172 Å². The molecular weight excluding hydrogens is 390 g/mol. The Morgan fingerprint density at radius 2 is 1.83 bits per heavy atom. The average Bonchev–Trinajstić information content (AvgIpc) is 2.69. The highest BCUT2D eigenvalue weighted by atomic mass is 32.2. The summed E-state index contributed by atoms with van der Waals surface area (Å²) in [6.07, 6.45) is 0. The molecule has 0 radical (unpaired) electrons. The van der Waals surface area contributed by atoms with E-state index >= 15 is 0 Å². The molecule has 3 rings (SSSR count). The van der Waals surface area contributed by atoms with E-state index in [1.807, 2.05) is 38.1 Å². The average molecular weight is 411 g/mol. The predicted octanol–water partition coefficient (Wildman–Crippen LogP) is 2.38. The van der Waals surface area contributed by atoms with E-state index in [0.29, 0.717) is 21.7 Å². The number of para-hydroxylation sites is 1. The fourth-order valence-corrected chi connectivity index (χ4v) is 3.78. The zero-order valence-electron chi connectivity index (χ0n) is 16.4. The highest BCUT2D eigenvalue weighted by Crippen LogP contribution is 2.22. The van der Waals surface area contributed by atoms with Gasteiger partial charge in [0.2, 0.25) is 5.91 Å². The monoisotopic (exact) mass is 411 g/mol. The molecule has 29 heavy (non-hydrogen) atoms. The number of hydrogen-bond donors (Lipinski definition) is 1. The summed E-state index contributed by atoms with van der Waals surface area (Å²) >= 11 is 1.14. The second-order valence-electron chi connectivity index (χ2n) is 6.54. The number of nitrogens with one attached hydrogen (secondary N) is 1. The minimum Gasteiger partial charge on any atom is -0.468 e. The van der Waals surface area contributed by atoms with E-state index in [-0.39, 0.29) is 23.8 Å². The number of methoxy groups -OCH3 is 1. The maximum Gasteiger partial charge on any atom is 0.325 e. The summed E-state index contributed by atoms with van der Waals surface area (Å²) in [5.41, 5.74) is 3.11. The van der Waals surface area contributed by atoms with E-state index in [4.69, 9.17) is 0 Å². The smallest absolute Gasteiger partial charge is 0.325 e. The zero-order valence-corrected chi connectivity index (χ0v) is 17.2. The topological polar surface area (TPSA) is 90.3 Å². The van der Waals surface area contributed by atoms with Crippen molar-refractivity contribution in [3.05, 3.63) is 63.9 Å². The van der Waals surface area contributed by atoms with Gasteiger partial charge in [-0.25, -0.2) is 4.98 Å². The summed E-state index contributed by atoms with van der Waals surface area (Å²) in [5.74, 6) is -0.874. The summed E-state index contributed by atoms with van der Waals surface area (Å²) in [6.45, 7) is 3.72. The first-order chi connectivity index (χ1) is 13.9. The number of carbonyl (C=O) groups excluding carboxylic acids is 2. The van der Waals surface area contributed by atoms with Crippen molar-refractivity contribution in [2.24, 2.45) is 0 Å². The van der Waals surface area contributed by atoms with Crippen LogP contribution in [0.5, 0.6) is 0 Å². The number of hydrogen-bond acceptors (Lipinski definition) is 6. The number of ether oxygens (including phenoxy) is 1. The Morgan fingerprint density at radius 3 is 2.52 bits per heavy atom. The molecule has 0 unspecified atom stereocenters. The maximum absolute atomic E-state index is 13.2. The minimum atomic E-state index is -0.528. The Hall–Kier alpha value is -3.13. The molecule has 1 aromatic heterocycles. The van der Waals surface area contributed by atoms with Gasteiger partial charge in [-0.05, 0) is 49.2 Å². The van der Waals surface area contributed by atoms with Gasteiger partial charge in [-0.3, -0.25) is 19.0 Å². The number of amides is 1. The van der Waals surface area contributed by atoms with E-state index in [2.05, 4.69) is 15.0 Å². The van der Waals surface area contributed by atoms with Crippen molar-refractivity contribution in [3.8, 4) is 5.69 Å². The largest absolute Gasteiger partial charge is 0.468 e. The maximum atomic E-state index is 13.2. The van der Waals surface area contributed by atoms with Crippen LogP contribution in [-0.4, -0.2) is 40.8 Å². The summed E-state index contributed by atoms with van der Waals surface area (Å²) in [7, 11) is 1.25. The molecule has 1 heterocycles. The quantitative estimate of drug-likeness (QED) is 0.381. The van der Waals surface area contributed by atoms with Crippen LogP contribution >= 0.6 is 11.8 Å². The molecule has 3 aromatic rings. The lowest BCUT2D eigenvalue weighted by Gasteiger charge is -2.14. The van der Waals surface area contributed by atoms with Crippen molar-refractivity contribution in [2.45, 2.75) is 19.0 Å². The SMILES string of the molecule is COC(=O)CNC(=O)CSc1nc2ccccc2c(=O)n1-c1cc(C)cc(C)c1. The van der Waals surface area contributed by atoms with Gasteiger partial charge in [-0.15, -0.1) is 0 Å². The molecular formula is C21H21N3O4S.